The number of hydrogen-bond donors (Lipinski definition) is 0. The van der Waals surface area contributed by atoms with E-state index in [0.717, 1.165) is 23.7 Å². The first kappa shape index (κ1) is 15.8. The van der Waals surface area contributed by atoms with Crippen LogP contribution >= 0.6 is 29.1 Å². The Hall–Kier alpha value is -0.620. The highest BCUT2D eigenvalue weighted by molar-refractivity contribution is 8.08. The Bertz CT molecular complexity index is 558. The monoisotopic (exact) mass is 328 g/mol. The molecule has 0 bridgehead atoms. The van der Waals surface area contributed by atoms with Gasteiger partial charge in [-0.1, -0.05) is 59.7 Å². The topological polar surface area (TPSA) is 0 Å². The van der Waals surface area contributed by atoms with Gasteiger partial charge >= 0.3 is 0 Å². The summed E-state index contributed by atoms with van der Waals surface area (Å²) in [7, 11) is 0. The van der Waals surface area contributed by atoms with Crippen LogP contribution in [0.2, 0.25) is 0 Å². The van der Waals surface area contributed by atoms with Gasteiger partial charge in [0.15, 0.2) is 0 Å². The zero-order valence-corrected chi connectivity index (χ0v) is 13.6. The minimum Gasteiger partial charge on any atom is -0.207 e. The van der Waals surface area contributed by atoms with Gasteiger partial charge in [-0.05, 0) is 48.1 Å². The van der Waals surface area contributed by atoms with E-state index in [9.17, 15) is 4.39 Å². The molecule has 2 aromatic rings. The highest BCUT2D eigenvalue weighted by Crippen LogP contribution is 2.47. The standard InChI is InChI=1S/C16H16Cl2FP/c1-2-13(10-12-6-4-3-5-7-12)15-11-14(19)8-9-16(15)20(17)18/h3-9,11,13H,2,10H2,1H3. The van der Waals surface area contributed by atoms with Crippen LogP contribution in [0.3, 0.4) is 0 Å². The molecule has 0 fully saturated rings. The molecule has 0 aliphatic rings. The van der Waals surface area contributed by atoms with Gasteiger partial charge in [0.25, 0.3) is 0 Å². The lowest BCUT2D eigenvalue weighted by Gasteiger charge is -2.20. The third kappa shape index (κ3) is 3.95. The van der Waals surface area contributed by atoms with Crippen molar-refractivity contribution in [2.45, 2.75) is 25.7 Å². The molecule has 0 amide bonds. The Balaban J connectivity index is 2.34. The Morgan fingerprint density at radius 3 is 2.40 bits per heavy atom. The number of hydrogen-bond acceptors (Lipinski definition) is 0. The summed E-state index contributed by atoms with van der Waals surface area (Å²) in [6.07, 6.45) is 1.78. The van der Waals surface area contributed by atoms with Crippen LogP contribution in [0.25, 0.3) is 0 Å². The number of benzene rings is 2. The lowest BCUT2D eigenvalue weighted by Crippen LogP contribution is -2.13. The molecule has 0 aliphatic carbocycles. The van der Waals surface area contributed by atoms with E-state index in [2.05, 4.69) is 19.1 Å². The highest BCUT2D eigenvalue weighted by Gasteiger charge is 2.19. The van der Waals surface area contributed by atoms with Gasteiger partial charge < -0.3 is 0 Å². The molecule has 0 saturated heterocycles. The second-order valence-electron chi connectivity index (χ2n) is 4.73. The largest absolute Gasteiger partial charge is 0.207 e. The fraction of sp³-hybridized carbons (Fsp3) is 0.250. The first-order valence-electron chi connectivity index (χ1n) is 6.57. The Morgan fingerprint density at radius 1 is 1.10 bits per heavy atom. The molecule has 0 aliphatic heterocycles. The zero-order chi connectivity index (χ0) is 14.5. The Morgan fingerprint density at radius 2 is 1.80 bits per heavy atom. The summed E-state index contributed by atoms with van der Waals surface area (Å²) >= 11 is 12.1. The zero-order valence-electron chi connectivity index (χ0n) is 11.2. The summed E-state index contributed by atoms with van der Waals surface area (Å²) < 4.78 is 13.6. The Kier molecular flexibility index (Phi) is 5.84. The minimum atomic E-state index is -1.26. The predicted octanol–water partition coefficient (Wildman–Crippen LogP) is 5.98. The summed E-state index contributed by atoms with van der Waals surface area (Å²) in [4.78, 5) is 0. The van der Waals surface area contributed by atoms with Crippen LogP contribution in [-0.4, -0.2) is 0 Å². The summed E-state index contributed by atoms with van der Waals surface area (Å²) in [5.41, 5.74) is 2.18. The van der Waals surface area contributed by atoms with Crippen molar-refractivity contribution in [3.63, 3.8) is 0 Å². The maximum atomic E-state index is 13.6. The number of halogens is 3. The second-order valence-corrected chi connectivity index (χ2v) is 8.23. The summed E-state index contributed by atoms with van der Waals surface area (Å²) in [5, 5.41) is 0.868. The molecule has 0 heterocycles. The van der Waals surface area contributed by atoms with Gasteiger partial charge in [0.2, 0.25) is 0 Å². The molecule has 0 saturated carbocycles. The lowest BCUT2D eigenvalue weighted by atomic mass is 9.90. The van der Waals surface area contributed by atoms with Crippen molar-refractivity contribution in [2.75, 3.05) is 0 Å². The van der Waals surface area contributed by atoms with Crippen molar-refractivity contribution >= 4 is 34.4 Å². The third-order valence-electron chi connectivity index (χ3n) is 3.43. The van der Waals surface area contributed by atoms with Crippen LogP contribution in [0, 0.1) is 5.82 Å². The highest BCUT2D eigenvalue weighted by atomic mass is 35.9. The third-order valence-corrected chi connectivity index (χ3v) is 5.29. The normalized spacial score (nSPS) is 12.7. The molecule has 1 unspecified atom stereocenters. The molecule has 0 radical (unpaired) electrons. The SMILES string of the molecule is CCC(Cc1ccccc1)c1cc(F)ccc1P(Cl)Cl. The van der Waals surface area contributed by atoms with Crippen molar-refractivity contribution < 1.29 is 4.39 Å². The van der Waals surface area contributed by atoms with E-state index >= 15 is 0 Å². The summed E-state index contributed by atoms with van der Waals surface area (Å²) in [5.74, 6) is -0.00829. The van der Waals surface area contributed by atoms with Crippen LogP contribution in [0.5, 0.6) is 0 Å². The smallest absolute Gasteiger partial charge is 0.123 e. The molecule has 2 aromatic carbocycles. The molecule has 1 atom stereocenters. The van der Waals surface area contributed by atoms with Crippen LogP contribution < -0.4 is 5.30 Å². The quantitative estimate of drug-likeness (QED) is 0.592. The van der Waals surface area contributed by atoms with E-state index in [1.165, 1.54) is 11.6 Å². The molecule has 2 rings (SSSR count). The lowest BCUT2D eigenvalue weighted by molar-refractivity contribution is 0.612. The van der Waals surface area contributed by atoms with Crippen LogP contribution in [0.1, 0.15) is 30.4 Å². The van der Waals surface area contributed by atoms with Gasteiger partial charge in [-0.25, -0.2) is 4.39 Å². The second kappa shape index (κ2) is 7.41. The molecule has 0 spiro atoms. The molecule has 4 heteroatoms. The van der Waals surface area contributed by atoms with Gasteiger partial charge in [0.1, 0.15) is 12.4 Å². The molecule has 0 N–H and O–H groups in total. The van der Waals surface area contributed by atoms with Gasteiger partial charge in [0.05, 0.1) is 0 Å². The van der Waals surface area contributed by atoms with Crippen LogP contribution in [0.4, 0.5) is 4.39 Å². The van der Waals surface area contributed by atoms with Crippen molar-refractivity contribution in [1.29, 1.82) is 0 Å². The van der Waals surface area contributed by atoms with Gasteiger partial charge in [-0.2, -0.15) is 0 Å². The van der Waals surface area contributed by atoms with Crippen molar-refractivity contribution in [3.05, 3.63) is 65.5 Å². The molecule has 0 nitrogen and oxygen atoms in total. The van der Waals surface area contributed by atoms with E-state index in [1.807, 2.05) is 18.2 Å². The first-order valence-corrected chi connectivity index (χ1v) is 9.72. The van der Waals surface area contributed by atoms with Crippen LogP contribution in [-0.2, 0) is 6.42 Å². The number of rotatable bonds is 5. The van der Waals surface area contributed by atoms with Crippen molar-refractivity contribution in [3.8, 4) is 0 Å². The average Bonchev–Trinajstić information content (AvgIpc) is 2.45. The predicted molar refractivity (Wildman–Crippen MR) is 87.8 cm³/mol. The van der Waals surface area contributed by atoms with Crippen LogP contribution in [0.15, 0.2) is 48.5 Å². The van der Waals surface area contributed by atoms with Crippen molar-refractivity contribution in [1.82, 2.24) is 0 Å². The van der Waals surface area contributed by atoms with Gasteiger partial charge in [0, 0.05) is 5.30 Å². The first-order chi connectivity index (χ1) is 9.61. The summed E-state index contributed by atoms with van der Waals surface area (Å²) in [6, 6.07) is 14.9. The van der Waals surface area contributed by atoms with Gasteiger partial charge in [-0.15, -0.1) is 0 Å². The summed E-state index contributed by atoms with van der Waals surface area (Å²) in [6.45, 7) is 0.840. The van der Waals surface area contributed by atoms with E-state index in [-0.39, 0.29) is 11.7 Å². The average molecular weight is 329 g/mol. The van der Waals surface area contributed by atoms with Crippen molar-refractivity contribution in [2.24, 2.45) is 0 Å². The fourth-order valence-electron chi connectivity index (χ4n) is 2.38. The van der Waals surface area contributed by atoms with Gasteiger partial charge in [-0.3, -0.25) is 0 Å². The van der Waals surface area contributed by atoms with E-state index < -0.39 is 6.63 Å². The minimum absolute atomic E-state index is 0.227. The molecule has 20 heavy (non-hydrogen) atoms. The maximum absolute atomic E-state index is 13.6. The molecular weight excluding hydrogens is 313 g/mol. The maximum Gasteiger partial charge on any atom is 0.123 e. The van der Waals surface area contributed by atoms with E-state index in [0.29, 0.717) is 0 Å². The fourth-order valence-corrected chi connectivity index (χ4v) is 3.93. The molecule has 106 valence electrons. The molecular formula is C16H16Cl2FP. The van der Waals surface area contributed by atoms with E-state index in [4.69, 9.17) is 22.5 Å². The Labute approximate surface area is 130 Å². The van der Waals surface area contributed by atoms with E-state index in [1.54, 1.807) is 12.1 Å². The molecule has 0 aromatic heterocycles.